The Morgan fingerprint density at radius 1 is 1.29 bits per heavy atom. The lowest BCUT2D eigenvalue weighted by atomic mass is 9.90. The highest BCUT2D eigenvalue weighted by Crippen LogP contribution is 2.37. The molecule has 2 saturated heterocycles. The molecule has 7 nitrogen and oxygen atoms in total. The Hall–Kier alpha value is -1.34. The number of likely N-dealkylation sites (tertiary alicyclic amines) is 1. The maximum atomic E-state index is 12.4. The van der Waals surface area contributed by atoms with Crippen LogP contribution in [0.15, 0.2) is 0 Å². The SMILES string of the molecule is CCC(C)C[C@@H](C)OC(=O)N1CCC2(OCCO2)C(C(=O)OC)C1. The van der Waals surface area contributed by atoms with Crippen LogP contribution >= 0.6 is 0 Å². The highest BCUT2D eigenvalue weighted by Gasteiger charge is 2.53. The van der Waals surface area contributed by atoms with Crippen LogP contribution in [-0.4, -0.2) is 62.3 Å². The molecular weight excluding hydrogens is 314 g/mol. The second kappa shape index (κ2) is 8.16. The molecule has 0 aromatic carbocycles. The zero-order chi connectivity index (χ0) is 17.7. The number of methoxy groups -OCH3 is 1. The predicted octanol–water partition coefficient (Wildman–Crippen LogP) is 2.19. The molecule has 0 aromatic rings. The summed E-state index contributed by atoms with van der Waals surface area (Å²) in [6, 6.07) is 0. The average Bonchev–Trinajstić information content (AvgIpc) is 3.03. The molecule has 0 radical (unpaired) electrons. The fourth-order valence-electron chi connectivity index (χ4n) is 3.32. The fraction of sp³-hybridized carbons (Fsp3) is 0.882. The van der Waals surface area contributed by atoms with Crippen molar-refractivity contribution in [1.29, 1.82) is 0 Å². The molecule has 138 valence electrons. The number of rotatable bonds is 5. The zero-order valence-electron chi connectivity index (χ0n) is 15.1. The predicted molar refractivity (Wildman–Crippen MR) is 86.3 cm³/mol. The van der Waals surface area contributed by atoms with Crippen LogP contribution < -0.4 is 0 Å². The number of carbonyl (C=O) groups excluding carboxylic acids is 2. The smallest absolute Gasteiger partial charge is 0.410 e. The highest BCUT2D eigenvalue weighted by atomic mass is 16.7. The Labute approximate surface area is 143 Å². The molecule has 1 amide bonds. The van der Waals surface area contributed by atoms with Crippen molar-refractivity contribution >= 4 is 12.1 Å². The van der Waals surface area contributed by atoms with E-state index in [9.17, 15) is 9.59 Å². The van der Waals surface area contributed by atoms with E-state index in [4.69, 9.17) is 18.9 Å². The van der Waals surface area contributed by atoms with E-state index in [1.807, 2.05) is 6.92 Å². The Kier molecular flexibility index (Phi) is 6.46. The Bertz CT molecular complexity index is 448. The molecule has 0 N–H and O–H groups in total. The molecule has 0 aromatic heterocycles. The second-order valence-electron chi connectivity index (χ2n) is 6.72. The molecule has 0 bridgehead atoms. The number of hydrogen-bond acceptors (Lipinski definition) is 6. The molecule has 2 rings (SSSR count). The van der Waals surface area contributed by atoms with Crippen molar-refractivity contribution in [3.8, 4) is 0 Å². The maximum Gasteiger partial charge on any atom is 0.410 e. The number of carbonyl (C=O) groups is 2. The van der Waals surface area contributed by atoms with Gasteiger partial charge in [0.25, 0.3) is 0 Å². The van der Waals surface area contributed by atoms with Crippen molar-refractivity contribution in [2.45, 2.75) is 51.9 Å². The van der Waals surface area contributed by atoms with Crippen LogP contribution in [0, 0.1) is 11.8 Å². The van der Waals surface area contributed by atoms with E-state index in [2.05, 4.69) is 13.8 Å². The van der Waals surface area contributed by atoms with Gasteiger partial charge in [0.05, 0.1) is 20.3 Å². The Balaban J connectivity index is 1.97. The number of amides is 1. The lowest BCUT2D eigenvalue weighted by molar-refractivity contribution is -0.225. The van der Waals surface area contributed by atoms with E-state index in [-0.39, 0.29) is 12.6 Å². The van der Waals surface area contributed by atoms with Gasteiger partial charge in [-0.05, 0) is 19.3 Å². The van der Waals surface area contributed by atoms with Gasteiger partial charge in [0, 0.05) is 19.5 Å². The van der Waals surface area contributed by atoms with Gasteiger partial charge in [0.2, 0.25) is 0 Å². The first-order chi connectivity index (χ1) is 11.4. The van der Waals surface area contributed by atoms with Gasteiger partial charge in [-0.2, -0.15) is 0 Å². The Morgan fingerprint density at radius 2 is 1.96 bits per heavy atom. The number of piperidine rings is 1. The number of ether oxygens (including phenoxy) is 4. The molecule has 7 heteroatoms. The highest BCUT2D eigenvalue weighted by molar-refractivity contribution is 5.76. The van der Waals surface area contributed by atoms with Crippen molar-refractivity contribution in [2.75, 3.05) is 33.4 Å². The van der Waals surface area contributed by atoms with Crippen LogP contribution in [0.3, 0.4) is 0 Å². The van der Waals surface area contributed by atoms with E-state index in [1.165, 1.54) is 7.11 Å². The second-order valence-corrected chi connectivity index (χ2v) is 6.72. The van der Waals surface area contributed by atoms with E-state index in [0.717, 1.165) is 12.8 Å². The van der Waals surface area contributed by atoms with Crippen LogP contribution in [0.1, 0.15) is 40.0 Å². The molecular formula is C17H29NO6. The molecule has 2 heterocycles. The lowest BCUT2D eigenvalue weighted by Crippen LogP contribution is -2.57. The minimum absolute atomic E-state index is 0.154. The van der Waals surface area contributed by atoms with Gasteiger partial charge in [-0.1, -0.05) is 20.3 Å². The molecule has 3 atom stereocenters. The van der Waals surface area contributed by atoms with Gasteiger partial charge in [-0.3, -0.25) is 4.79 Å². The summed E-state index contributed by atoms with van der Waals surface area (Å²) in [5, 5.41) is 0. The summed E-state index contributed by atoms with van der Waals surface area (Å²) in [5.74, 6) is -1.55. The summed E-state index contributed by atoms with van der Waals surface area (Å²) >= 11 is 0. The molecule has 2 unspecified atom stereocenters. The van der Waals surface area contributed by atoms with E-state index in [1.54, 1.807) is 4.90 Å². The lowest BCUT2D eigenvalue weighted by Gasteiger charge is -2.42. The molecule has 2 aliphatic heterocycles. The first kappa shape index (κ1) is 19.0. The van der Waals surface area contributed by atoms with Crippen molar-refractivity contribution in [3.05, 3.63) is 0 Å². The average molecular weight is 343 g/mol. The molecule has 24 heavy (non-hydrogen) atoms. The number of nitrogens with zero attached hydrogens (tertiary/aromatic N) is 1. The molecule has 1 spiro atoms. The van der Waals surface area contributed by atoms with Crippen molar-refractivity contribution in [1.82, 2.24) is 4.90 Å². The minimum atomic E-state index is -0.966. The summed E-state index contributed by atoms with van der Waals surface area (Å²) in [4.78, 5) is 26.1. The monoisotopic (exact) mass is 343 g/mol. The largest absolute Gasteiger partial charge is 0.469 e. The third kappa shape index (κ3) is 4.19. The van der Waals surface area contributed by atoms with E-state index in [0.29, 0.717) is 32.1 Å². The Morgan fingerprint density at radius 3 is 2.54 bits per heavy atom. The van der Waals surface area contributed by atoms with Gasteiger partial charge < -0.3 is 23.8 Å². The minimum Gasteiger partial charge on any atom is -0.469 e. The van der Waals surface area contributed by atoms with Crippen LogP contribution in [-0.2, 0) is 23.7 Å². The summed E-state index contributed by atoms with van der Waals surface area (Å²) < 4.78 is 21.8. The molecule has 2 aliphatic rings. The van der Waals surface area contributed by atoms with Crippen molar-refractivity contribution < 1.29 is 28.5 Å². The van der Waals surface area contributed by atoms with Crippen LogP contribution in [0.2, 0.25) is 0 Å². The quantitative estimate of drug-likeness (QED) is 0.712. The van der Waals surface area contributed by atoms with Gasteiger partial charge in [-0.15, -0.1) is 0 Å². The number of esters is 1. The summed E-state index contributed by atoms with van der Waals surface area (Å²) in [5.41, 5.74) is 0. The van der Waals surface area contributed by atoms with Gasteiger partial charge in [0.15, 0.2) is 5.79 Å². The molecule has 2 fully saturated rings. The standard InChI is InChI=1S/C17H29NO6/c1-5-12(2)10-13(3)24-16(20)18-7-6-17(22-8-9-23-17)14(11-18)15(19)21-4/h12-14H,5-11H2,1-4H3/t12?,13-,14?/m1/s1. The van der Waals surface area contributed by atoms with Gasteiger partial charge in [-0.25, -0.2) is 4.79 Å². The third-order valence-electron chi connectivity index (χ3n) is 4.92. The van der Waals surface area contributed by atoms with Crippen LogP contribution in [0.5, 0.6) is 0 Å². The summed E-state index contributed by atoms with van der Waals surface area (Å²) in [6.07, 6.45) is 1.76. The summed E-state index contributed by atoms with van der Waals surface area (Å²) in [7, 11) is 1.33. The third-order valence-corrected chi connectivity index (χ3v) is 4.92. The van der Waals surface area contributed by atoms with Crippen LogP contribution in [0.25, 0.3) is 0 Å². The summed E-state index contributed by atoms with van der Waals surface area (Å²) in [6.45, 7) is 7.66. The zero-order valence-corrected chi connectivity index (χ0v) is 15.1. The normalized spacial score (nSPS) is 25.3. The van der Waals surface area contributed by atoms with E-state index < -0.39 is 23.8 Å². The molecule has 0 aliphatic carbocycles. The van der Waals surface area contributed by atoms with Gasteiger partial charge in [0.1, 0.15) is 12.0 Å². The fourth-order valence-corrected chi connectivity index (χ4v) is 3.32. The van der Waals surface area contributed by atoms with E-state index >= 15 is 0 Å². The topological polar surface area (TPSA) is 74.3 Å². The maximum absolute atomic E-state index is 12.4. The van der Waals surface area contributed by atoms with Crippen LogP contribution in [0.4, 0.5) is 4.79 Å². The number of hydrogen-bond donors (Lipinski definition) is 0. The molecule has 0 saturated carbocycles. The van der Waals surface area contributed by atoms with Crippen molar-refractivity contribution in [3.63, 3.8) is 0 Å². The first-order valence-electron chi connectivity index (χ1n) is 8.73. The van der Waals surface area contributed by atoms with Crippen molar-refractivity contribution in [2.24, 2.45) is 11.8 Å². The van der Waals surface area contributed by atoms with Gasteiger partial charge >= 0.3 is 12.1 Å². The first-order valence-corrected chi connectivity index (χ1v) is 8.73.